The lowest BCUT2D eigenvalue weighted by atomic mass is 9.94. The van der Waals surface area contributed by atoms with Gasteiger partial charge in [-0.05, 0) is 13.8 Å². The second-order valence-electron chi connectivity index (χ2n) is 5.18. The van der Waals surface area contributed by atoms with E-state index in [2.05, 4.69) is 15.4 Å². The van der Waals surface area contributed by atoms with E-state index < -0.39 is 23.3 Å². The van der Waals surface area contributed by atoms with Crippen molar-refractivity contribution in [2.75, 3.05) is 11.9 Å². The van der Waals surface area contributed by atoms with Crippen molar-refractivity contribution in [2.24, 2.45) is 5.41 Å². The molecule has 2 rings (SSSR count). The summed E-state index contributed by atoms with van der Waals surface area (Å²) in [5.41, 5.74) is -1.98. The lowest BCUT2D eigenvalue weighted by Gasteiger charge is -2.19. The summed E-state index contributed by atoms with van der Waals surface area (Å²) in [6.45, 7) is 3.02. The van der Waals surface area contributed by atoms with E-state index in [1.807, 2.05) is 0 Å². The SMILES string of the molecule is CC(C)(CNc1nccn2nc(C(F)(F)F)cc12)C(=O)O. The first-order chi connectivity index (χ1) is 9.61. The molecule has 0 aliphatic rings. The van der Waals surface area contributed by atoms with Crippen LogP contribution in [0.25, 0.3) is 5.52 Å². The van der Waals surface area contributed by atoms with Gasteiger partial charge in [0.1, 0.15) is 5.52 Å². The smallest absolute Gasteiger partial charge is 0.435 e. The molecule has 0 fully saturated rings. The molecule has 0 aliphatic carbocycles. The zero-order valence-electron chi connectivity index (χ0n) is 11.3. The number of anilines is 1. The van der Waals surface area contributed by atoms with Crippen molar-refractivity contribution in [1.29, 1.82) is 0 Å². The number of carboxylic acids is 1. The van der Waals surface area contributed by atoms with Gasteiger partial charge in [0, 0.05) is 25.0 Å². The van der Waals surface area contributed by atoms with Crippen LogP contribution >= 0.6 is 0 Å². The number of hydrogen-bond acceptors (Lipinski definition) is 4. The number of alkyl halides is 3. The molecule has 0 amide bonds. The Labute approximate surface area is 117 Å². The summed E-state index contributed by atoms with van der Waals surface area (Å²) < 4.78 is 39.0. The minimum atomic E-state index is -4.55. The van der Waals surface area contributed by atoms with Gasteiger partial charge in [0.15, 0.2) is 11.5 Å². The lowest BCUT2D eigenvalue weighted by molar-refractivity contribution is -0.146. The highest BCUT2D eigenvalue weighted by atomic mass is 19.4. The summed E-state index contributed by atoms with van der Waals surface area (Å²) in [5.74, 6) is -0.874. The molecule has 0 bridgehead atoms. The Balaban J connectivity index is 2.33. The fraction of sp³-hybridized carbons (Fsp3) is 0.417. The highest BCUT2D eigenvalue weighted by Crippen LogP contribution is 2.30. The van der Waals surface area contributed by atoms with Gasteiger partial charge >= 0.3 is 12.1 Å². The van der Waals surface area contributed by atoms with Crippen molar-refractivity contribution in [3.8, 4) is 0 Å². The highest BCUT2D eigenvalue weighted by molar-refractivity contribution is 5.75. The Morgan fingerprint density at radius 3 is 2.67 bits per heavy atom. The number of fused-ring (bicyclic) bond motifs is 1. The van der Waals surface area contributed by atoms with Crippen LogP contribution in [-0.2, 0) is 11.0 Å². The van der Waals surface area contributed by atoms with E-state index in [-0.39, 0.29) is 17.9 Å². The minimum Gasteiger partial charge on any atom is -0.481 e. The van der Waals surface area contributed by atoms with Crippen LogP contribution in [-0.4, -0.2) is 32.2 Å². The molecule has 21 heavy (non-hydrogen) atoms. The third kappa shape index (κ3) is 3.06. The van der Waals surface area contributed by atoms with Crippen LogP contribution in [0.4, 0.5) is 19.0 Å². The standard InChI is InChI=1S/C12H13F3N4O2/c1-11(2,10(20)21)6-17-9-7-5-8(12(13,14)15)18-19(7)4-3-16-9/h3-5H,6H2,1-2H3,(H,16,17)(H,20,21). The van der Waals surface area contributed by atoms with Gasteiger partial charge < -0.3 is 10.4 Å². The Morgan fingerprint density at radius 2 is 2.10 bits per heavy atom. The number of rotatable bonds is 4. The van der Waals surface area contributed by atoms with Gasteiger partial charge in [-0.2, -0.15) is 18.3 Å². The number of nitrogens with zero attached hydrogens (tertiary/aromatic N) is 3. The van der Waals surface area contributed by atoms with Crippen molar-refractivity contribution >= 4 is 17.3 Å². The summed E-state index contributed by atoms with van der Waals surface area (Å²) in [6, 6.07) is 0.864. The maximum absolute atomic E-state index is 12.6. The Bertz CT molecular complexity index is 679. The quantitative estimate of drug-likeness (QED) is 0.905. The molecule has 9 heteroatoms. The number of aliphatic carboxylic acids is 1. The Kier molecular flexibility index (Phi) is 3.52. The average Bonchev–Trinajstić information content (AvgIpc) is 2.80. The van der Waals surface area contributed by atoms with E-state index in [4.69, 9.17) is 5.11 Å². The van der Waals surface area contributed by atoms with Gasteiger partial charge in [0.05, 0.1) is 5.41 Å². The second kappa shape index (κ2) is 4.90. The number of aromatic nitrogens is 3. The summed E-state index contributed by atoms with van der Waals surface area (Å²) in [4.78, 5) is 14.9. The number of nitrogens with one attached hydrogen (secondary N) is 1. The van der Waals surface area contributed by atoms with Crippen LogP contribution in [0.2, 0.25) is 0 Å². The molecule has 2 heterocycles. The molecule has 0 aromatic carbocycles. The summed E-state index contributed by atoms with van der Waals surface area (Å²) in [7, 11) is 0. The van der Waals surface area contributed by atoms with Crippen LogP contribution in [0.5, 0.6) is 0 Å². The van der Waals surface area contributed by atoms with E-state index >= 15 is 0 Å². The molecule has 0 aliphatic heterocycles. The van der Waals surface area contributed by atoms with Gasteiger partial charge in [-0.3, -0.25) is 4.79 Å². The normalized spacial score (nSPS) is 12.6. The predicted octanol–water partition coefficient (Wildman–Crippen LogP) is 2.27. The van der Waals surface area contributed by atoms with Gasteiger partial charge in [0.2, 0.25) is 0 Å². The molecular formula is C12H13F3N4O2. The molecule has 0 atom stereocenters. The molecule has 2 N–H and O–H groups in total. The van der Waals surface area contributed by atoms with Crippen LogP contribution in [0, 0.1) is 5.41 Å². The zero-order valence-corrected chi connectivity index (χ0v) is 11.3. The van der Waals surface area contributed by atoms with E-state index in [1.165, 1.54) is 26.2 Å². The molecule has 0 spiro atoms. The molecule has 2 aromatic heterocycles. The molecule has 0 unspecified atom stereocenters. The van der Waals surface area contributed by atoms with Crippen LogP contribution in [0.1, 0.15) is 19.5 Å². The summed E-state index contributed by atoms with van der Waals surface area (Å²) in [6.07, 6.45) is -1.97. The van der Waals surface area contributed by atoms with Crippen molar-refractivity contribution in [3.63, 3.8) is 0 Å². The van der Waals surface area contributed by atoms with Gasteiger partial charge in [-0.15, -0.1) is 0 Å². The molecule has 2 aromatic rings. The van der Waals surface area contributed by atoms with E-state index in [1.54, 1.807) is 0 Å². The lowest BCUT2D eigenvalue weighted by Crippen LogP contribution is -2.32. The minimum absolute atomic E-state index is 0.0154. The third-order valence-corrected chi connectivity index (χ3v) is 2.96. The summed E-state index contributed by atoms with van der Waals surface area (Å²) in [5, 5.41) is 15.2. The molecule has 0 radical (unpaired) electrons. The first kappa shape index (κ1) is 15.1. The Hall–Kier alpha value is -2.32. The molecule has 0 saturated heterocycles. The van der Waals surface area contributed by atoms with Crippen molar-refractivity contribution in [1.82, 2.24) is 14.6 Å². The molecule has 0 saturated carbocycles. The van der Waals surface area contributed by atoms with E-state index in [0.29, 0.717) is 0 Å². The van der Waals surface area contributed by atoms with Gasteiger partial charge in [-0.25, -0.2) is 9.50 Å². The van der Waals surface area contributed by atoms with Crippen molar-refractivity contribution in [2.45, 2.75) is 20.0 Å². The van der Waals surface area contributed by atoms with E-state index in [0.717, 1.165) is 10.6 Å². The molecule has 114 valence electrons. The largest absolute Gasteiger partial charge is 0.481 e. The predicted molar refractivity (Wildman–Crippen MR) is 67.9 cm³/mol. The number of carboxylic acid groups (broad SMARTS) is 1. The van der Waals surface area contributed by atoms with E-state index in [9.17, 15) is 18.0 Å². The number of halogens is 3. The zero-order chi connectivity index (χ0) is 15.8. The topological polar surface area (TPSA) is 79.5 Å². The summed E-state index contributed by atoms with van der Waals surface area (Å²) >= 11 is 0. The highest BCUT2D eigenvalue weighted by Gasteiger charge is 2.34. The van der Waals surface area contributed by atoms with Gasteiger partial charge in [-0.1, -0.05) is 0 Å². The first-order valence-electron chi connectivity index (χ1n) is 6.00. The Morgan fingerprint density at radius 1 is 1.43 bits per heavy atom. The maximum Gasteiger partial charge on any atom is 0.435 e. The van der Waals surface area contributed by atoms with Crippen molar-refractivity contribution in [3.05, 3.63) is 24.2 Å². The average molecular weight is 302 g/mol. The second-order valence-corrected chi connectivity index (χ2v) is 5.18. The van der Waals surface area contributed by atoms with Crippen molar-refractivity contribution < 1.29 is 23.1 Å². The van der Waals surface area contributed by atoms with Gasteiger partial charge in [0.25, 0.3) is 0 Å². The first-order valence-corrected chi connectivity index (χ1v) is 6.00. The molecular weight excluding hydrogens is 289 g/mol. The number of hydrogen-bond donors (Lipinski definition) is 2. The van der Waals surface area contributed by atoms with Crippen LogP contribution < -0.4 is 5.32 Å². The monoisotopic (exact) mass is 302 g/mol. The number of carbonyl (C=O) groups is 1. The maximum atomic E-state index is 12.6. The third-order valence-electron chi connectivity index (χ3n) is 2.96. The molecule has 6 nitrogen and oxygen atoms in total. The van der Waals surface area contributed by atoms with Crippen LogP contribution in [0.3, 0.4) is 0 Å². The fourth-order valence-corrected chi connectivity index (χ4v) is 1.58. The fourth-order valence-electron chi connectivity index (χ4n) is 1.58. The van der Waals surface area contributed by atoms with Crippen LogP contribution in [0.15, 0.2) is 18.5 Å².